The van der Waals surface area contributed by atoms with E-state index < -0.39 is 0 Å². The first-order valence-corrected chi connectivity index (χ1v) is 9.31. The van der Waals surface area contributed by atoms with Gasteiger partial charge in [0.15, 0.2) is 0 Å². The van der Waals surface area contributed by atoms with Crippen LogP contribution in [0.1, 0.15) is 9.67 Å². The Labute approximate surface area is 148 Å². The van der Waals surface area contributed by atoms with Gasteiger partial charge in [-0.2, -0.15) is 0 Å². The van der Waals surface area contributed by atoms with Gasteiger partial charge in [-0.1, -0.05) is 30.1 Å². The Hall–Kier alpha value is -2.31. The van der Waals surface area contributed by atoms with Crippen molar-refractivity contribution in [2.45, 2.75) is 0 Å². The van der Waals surface area contributed by atoms with E-state index in [-0.39, 0.29) is 11.7 Å². The van der Waals surface area contributed by atoms with E-state index in [9.17, 15) is 9.18 Å². The summed E-state index contributed by atoms with van der Waals surface area (Å²) in [6, 6.07) is 15.6. The third-order valence-corrected chi connectivity index (χ3v) is 4.69. The number of anilines is 2. The minimum atomic E-state index is -0.289. The maximum absolute atomic E-state index is 13.3. The van der Waals surface area contributed by atoms with Gasteiger partial charge in [0.05, 0.1) is 4.88 Å². The van der Waals surface area contributed by atoms with Gasteiger partial charge in [0.2, 0.25) is 0 Å². The van der Waals surface area contributed by atoms with Crippen LogP contribution in [0.2, 0.25) is 0 Å². The van der Waals surface area contributed by atoms with Crippen molar-refractivity contribution in [2.24, 2.45) is 0 Å². The number of carbonyl (C=O) groups excluding carboxylic acids is 1. The molecule has 3 nitrogen and oxygen atoms in total. The highest BCUT2D eigenvalue weighted by atomic mass is 32.2. The maximum Gasteiger partial charge on any atom is 0.265 e. The summed E-state index contributed by atoms with van der Waals surface area (Å²) in [6.07, 6.45) is 1.94. The van der Waals surface area contributed by atoms with Crippen LogP contribution in [0.3, 0.4) is 0 Å². The van der Waals surface area contributed by atoms with Gasteiger partial charge in [0.25, 0.3) is 5.91 Å². The minimum absolute atomic E-state index is 0.177. The van der Waals surface area contributed by atoms with Crippen LogP contribution in [-0.2, 0) is 0 Å². The zero-order chi connectivity index (χ0) is 16.9. The summed E-state index contributed by atoms with van der Waals surface area (Å²) in [5.74, 6) is -0.466. The lowest BCUT2D eigenvalue weighted by molar-refractivity contribution is 0.103. The van der Waals surface area contributed by atoms with E-state index in [2.05, 4.69) is 10.0 Å². The number of rotatable bonds is 5. The lowest BCUT2D eigenvalue weighted by atomic mass is 10.1. The standard InChI is InChI=1S/C18H15FN2OS2/c1-23-21-16-7-3-6-15(10-16)20-18(22)17-9-13(11-24-17)12-4-2-5-14(19)8-12/h2-11,21H,1H3,(H,20,22). The summed E-state index contributed by atoms with van der Waals surface area (Å²) in [5.41, 5.74) is 3.24. The van der Waals surface area contributed by atoms with Crippen LogP contribution in [0, 0.1) is 5.82 Å². The number of amides is 1. The third kappa shape index (κ3) is 3.96. The van der Waals surface area contributed by atoms with E-state index in [1.54, 1.807) is 12.1 Å². The van der Waals surface area contributed by atoms with Crippen LogP contribution in [0.25, 0.3) is 11.1 Å². The fourth-order valence-corrected chi connectivity index (χ4v) is 3.42. The molecule has 0 aliphatic heterocycles. The van der Waals surface area contributed by atoms with Crippen molar-refractivity contribution in [3.8, 4) is 11.1 Å². The van der Waals surface area contributed by atoms with Gasteiger partial charge in [-0.15, -0.1) is 11.3 Å². The molecule has 1 aromatic heterocycles. The summed E-state index contributed by atoms with van der Waals surface area (Å²) < 4.78 is 16.4. The van der Waals surface area contributed by atoms with Gasteiger partial charge in [-0.3, -0.25) is 4.79 Å². The van der Waals surface area contributed by atoms with E-state index >= 15 is 0 Å². The molecule has 0 saturated carbocycles. The quantitative estimate of drug-likeness (QED) is 0.592. The van der Waals surface area contributed by atoms with Crippen molar-refractivity contribution in [1.82, 2.24) is 0 Å². The Balaban J connectivity index is 1.75. The molecule has 0 atom stereocenters. The van der Waals surface area contributed by atoms with E-state index in [4.69, 9.17) is 0 Å². The van der Waals surface area contributed by atoms with Crippen molar-refractivity contribution in [3.05, 3.63) is 70.7 Å². The normalized spacial score (nSPS) is 10.4. The van der Waals surface area contributed by atoms with Gasteiger partial charge >= 0.3 is 0 Å². The first-order chi connectivity index (χ1) is 11.7. The highest BCUT2D eigenvalue weighted by Gasteiger charge is 2.11. The van der Waals surface area contributed by atoms with Gasteiger partial charge in [0.1, 0.15) is 5.82 Å². The molecule has 1 heterocycles. The lowest BCUT2D eigenvalue weighted by Crippen LogP contribution is -2.10. The van der Waals surface area contributed by atoms with Crippen LogP contribution < -0.4 is 10.0 Å². The highest BCUT2D eigenvalue weighted by Crippen LogP contribution is 2.27. The summed E-state index contributed by atoms with van der Waals surface area (Å²) >= 11 is 2.83. The molecule has 24 heavy (non-hydrogen) atoms. The third-order valence-electron chi connectivity index (χ3n) is 3.32. The molecule has 2 aromatic carbocycles. The number of hydrogen-bond donors (Lipinski definition) is 2. The number of thiophene rings is 1. The van der Waals surface area contributed by atoms with Gasteiger partial charge in [-0.05, 0) is 52.9 Å². The van der Waals surface area contributed by atoms with E-state index in [1.165, 1.54) is 35.4 Å². The summed E-state index contributed by atoms with van der Waals surface area (Å²) in [4.78, 5) is 13.0. The second-order valence-electron chi connectivity index (χ2n) is 5.05. The summed E-state index contributed by atoms with van der Waals surface area (Å²) in [5, 5.41) is 4.74. The molecule has 2 N–H and O–H groups in total. The average molecular weight is 358 g/mol. The van der Waals surface area contributed by atoms with Crippen LogP contribution in [0.4, 0.5) is 15.8 Å². The SMILES string of the molecule is CSNc1cccc(NC(=O)c2cc(-c3cccc(F)c3)cs2)c1. The molecule has 0 radical (unpaired) electrons. The second-order valence-corrected chi connectivity index (χ2v) is 6.57. The predicted molar refractivity (Wildman–Crippen MR) is 101 cm³/mol. The van der Waals surface area contributed by atoms with Crippen molar-refractivity contribution < 1.29 is 9.18 Å². The largest absolute Gasteiger partial charge is 0.330 e. The monoisotopic (exact) mass is 358 g/mol. The zero-order valence-corrected chi connectivity index (χ0v) is 14.5. The predicted octanol–water partition coefficient (Wildman–Crippen LogP) is 5.50. The van der Waals surface area contributed by atoms with Crippen LogP contribution in [0.5, 0.6) is 0 Å². The molecule has 0 aliphatic rings. The molecule has 1 amide bonds. The Bertz CT molecular complexity index is 863. The molecule has 3 rings (SSSR count). The van der Waals surface area contributed by atoms with Crippen LogP contribution >= 0.6 is 23.3 Å². The molecule has 0 bridgehead atoms. The summed E-state index contributed by atoms with van der Waals surface area (Å²) in [7, 11) is 0. The summed E-state index contributed by atoms with van der Waals surface area (Å²) in [6.45, 7) is 0. The molecule has 0 aliphatic carbocycles. The second kappa shape index (κ2) is 7.51. The molecular formula is C18H15FN2OS2. The number of carbonyl (C=O) groups is 1. The maximum atomic E-state index is 13.3. The molecule has 0 fully saturated rings. The first kappa shape index (κ1) is 16.5. The van der Waals surface area contributed by atoms with Crippen molar-refractivity contribution >= 4 is 40.6 Å². The van der Waals surface area contributed by atoms with Crippen molar-refractivity contribution in [1.29, 1.82) is 0 Å². The van der Waals surface area contributed by atoms with Crippen LogP contribution in [0.15, 0.2) is 60.0 Å². The molecule has 3 aromatic rings. The lowest BCUT2D eigenvalue weighted by Gasteiger charge is -2.06. The molecule has 0 unspecified atom stereocenters. The van der Waals surface area contributed by atoms with Gasteiger partial charge in [0, 0.05) is 17.6 Å². The number of nitrogens with one attached hydrogen (secondary N) is 2. The fourth-order valence-electron chi connectivity index (χ4n) is 2.25. The topological polar surface area (TPSA) is 41.1 Å². The Morgan fingerprint density at radius 3 is 2.62 bits per heavy atom. The first-order valence-electron chi connectivity index (χ1n) is 7.20. The average Bonchev–Trinajstić information content (AvgIpc) is 3.06. The highest BCUT2D eigenvalue weighted by molar-refractivity contribution is 7.99. The Morgan fingerprint density at radius 1 is 1.04 bits per heavy atom. The van der Waals surface area contributed by atoms with Crippen molar-refractivity contribution in [3.63, 3.8) is 0 Å². The molecule has 0 spiro atoms. The molecule has 122 valence electrons. The van der Waals surface area contributed by atoms with E-state index in [1.807, 2.05) is 42.0 Å². The fraction of sp³-hybridized carbons (Fsp3) is 0.0556. The molecular weight excluding hydrogens is 343 g/mol. The smallest absolute Gasteiger partial charge is 0.265 e. The molecule has 0 saturated heterocycles. The van der Waals surface area contributed by atoms with Crippen LogP contribution in [-0.4, -0.2) is 12.2 Å². The number of benzene rings is 2. The molecule has 6 heteroatoms. The van der Waals surface area contributed by atoms with Crippen molar-refractivity contribution in [2.75, 3.05) is 16.3 Å². The number of halogens is 1. The zero-order valence-electron chi connectivity index (χ0n) is 12.9. The minimum Gasteiger partial charge on any atom is -0.330 e. The Morgan fingerprint density at radius 2 is 1.83 bits per heavy atom. The van der Waals surface area contributed by atoms with Gasteiger partial charge in [-0.25, -0.2) is 4.39 Å². The van der Waals surface area contributed by atoms with E-state index in [0.717, 1.165) is 22.5 Å². The Kier molecular flexibility index (Phi) is 5.17. The number of hydrogen-bond acceptors (Lipinski definition) is 4. The van der Waals surface area contributed by atoms with E-state index in [0.29, 0.717) is 4.88 Å². The van der Waals surface area contributed by atoms with Gasteiger partial charge < -0.3 is 10.0 Å².